The van der Waals surface area contributed by atoms with E-state index < -0.39 is 5.60 Å². The van der Waals surface area contributed by atoms with Crippen LogP contribution in [0.4, 0.5) is 0 Å². The zero-order chi connectivity index (χ0) is 12.5. The number of ether oxygens (including phenoxy) is 1. The molecule has 1 saturated heterocycles. The quantitative estimate of drug-likeness (QED) is 0.880. The molecule has 1 aliphatic heterocycles. The highest BCUT2D eigenvalue weighted by atomic mass is 79.9. The Bertz CT molecular complexity index is 406. The molecule has 4 heteroatoms. The van der Waals surface area contributed by atoms with Gasteiger partial charge < -0.3 is 15.2 Å². The molecule has 0 aromatic heterocycles. The van der Waals surface area contributed by atoms with E-state index in [0.717, 1.165) is 22.3 Å². The molecule has 0 saturated carbocycles. The number of halogens is 1. The lowest BCUT2D eigenvalue weighted by atomic mass is 9.91. The van der Waals surface area contributed by atoms with Crippen LogP contribution in [0, 0.1) is 6.92 Å². The number of rotatable bonds is 2. The van der Waals surface area contributed by atoms with Crippen molar-refractivity contribution in [2.45, 2.75) is 32.0 Å². The van der Waals surface area contributed by atoms with Crippen LogP contribution in [0.1, 0.15) is 18.9 Å². The van der Waals surface area contributed by atoms with E-state index >= 15 is 0 Å². The summed E-state index contributed by atoms with van der Waals surface area (Å²) in [4.78, 5) is 0. The summed E-state index contributed by atoms with van der Waals surface area (Å²) in [5.74, 6) is 0.835. The fourth-order valence-corrected chi connectivity index (χ4v) is 2.50. The van der Waals surface area contributed by atoms with Crippen LogP contribution in [0.15, 0.2) is 22.7 Å². The number of hydrogen-bond acceptors (Lipinski definition) is 3. The molecular weight excluding hydrogens is 282 g/mol. The Hall–Kier alpha value is -0.580. The molecule has 0 aliphatic carbocycles. The minimum Gasteiger partial charge on any atom is -0.486 e. The first-order chi connectivity index (χ1) is 7.99. The first-order valence-corrected chi connectivity index (χ1v) is 6.64. The van der Waals surface area contributed by atoms with Gasteiger partial charge in [0.2, 0.25) is 0 Å². The number of piperidine rings is 1. The predicted octanol–water partition coefficient (Wildman–Crippen LogP) is 2.25. The maximum absolute atomic E-state index is 10.3. The summed E-state index contributed by atoms with van der Waals surface area (Å²) in [6, 6.07) is 5.90. The van der Waals surface area contributed by atoms with Crippen molar-refractivity contribution in [3.05, 3.63) is 28.2 Å². The molecular formula is C13H18BrNO2. The molecule has 2 atom stereocenters. The topological polar surface area (TPSA) is 41.5 Å². The fraction of sp³-hybridized carbons (Fsp3) is 0.538. The van der Waals surface area contributed by atoms with Gasteiger partial charge in [-0.2, -0.15) is 0 Å². The SMILES string of the molecule is Cc1cc(Br)ccc1OC1CNCCC1(C)O. The van der Waals surface area contributed by atoms with Crippen molar-refractivity contribution in [1.29, 1.82) is 0 Å². The first-order valence-electron chi connectivity index (χ1n) is 5.85. The van der Waals surface area contributed by atoms with Crippen molar-refractivity contribution in [2.75, 3.05) is 13.1 Å². The lowest BCUT2D eigenvalue weighted by molar-refractivity contribution is -0.0659. The second kappa shape index (κ2) is 4.96. The third-order valence-electron chi connectivity index (χ3n) is 3.24. The highest BCUT2D eigenvalue weighted by Gasteiger charge is 2.36. The number of hydrogen-bond donors (Lipinski definition) is 2. The van der Waals surface area contributed by atoms with Gasteiger partial charge in [0.05, 0.1) is 0 Å². The lowest BCUT2D eigenvalue weighted by Gasteiger charge is -2.37. The van der Waals surface area contributed by atoms with Gasteiger partial charge in [0.15, 0.2) is 0 Å². The fourth-order valence-electron chi connectivity index (χ4n) is 2.02. The molecule has 0 bridgehead atoms. The number of aliphatic hydroxyl groups is 1. The second-order valence-corrected chi connectivity index (χ2v) is 5.74. The van der Waals surface area contributed by atoms with E-state index in [1.54, 1.807) is 0 Å². The van der Waals surface area contributed by atoms with Gasteiger partial charge in [0.1, 0.15) is 17.5 Å². The number of benzene rings is 1. The standard InChI is InChI=1S/C13H18BrNO2/c1-9-7-10(14)3-4-11(9)17-12-8-15-6-5-13(12,2)16/h3-4,7,12,15-16H,5-6,8H2,1-2H3. The summed E-state index contributed by atoms with van der Waals surface area (Å²) in [7, 11) is 0. The molecule has 0 radical (unpaired) electrons. The summed E-state index contributed by atoms with van der Waals surface area (Å²) in [6.45, 7) is 5.37. The Morgan fingerprint density at radius 3 is 2.94 bits per heavy atom. The van der Waals surface area contributed by atoms with Crippen LogP contribution in [-0.4, -0.2) is 29.9 Å². The highest BCUT2D eigenvalue weighted by Crippen LogP contribution is 2.27. The molecule has 3 nitrogen and oxygen atoms in total. The van der Waals surface area contributed by atoms with Gasteiger partial charge in [-0.1, -0.05) is 15.9 Å². The lowest BCUT2D eigenvalue weighted by Crippen LogP contribution is -2.55. The van der Waals surface area contributed by atoms with Gasteiger partial charge in [-0.3, -0.25) is 0 Å². The average molecular weight is 300 g/mol. The predicted molar refractivity (Wildman–Crippen MR) is 71.4 cm³/mol. The van der Waals surface area contributed by atoms with E-state index in [-0.39, 0.29) is 6.10 Å². The Balaban J connectivity index is 2.14. The summed E-state index contributed by atoms with van der Waals surface area (Å²) in [6.07, 6.45) is 0.517. The Labute approximate surface area is 110 Å². The summed E-state index contributed by atoms with van der Waals surface area (Å²) < 4.78 is 6.96. The van der Waals surface area contributed by atoms with Crippen LogP contribution >= 0.6 is 15.9 Å². The maximum Gasteiger partial charge on any atom is 0.139 e. The zero-order valence-electron chi connectivity index (χ0n) is 10.2. The third-order valence-corrected chi connectivity index (χ3v) is 3.73. The van der Waals surface area contributed by atoms with Crippen LogP contribution in [0.2, 0.25) is 0 Å². The first kappa shape index (κ1) is 12.9. The molecule has 0 amide bonds. The van der Waals surface area contributed by atoms with Crippen molar-refractivity contribution in [2.24, 2.45) is 0 Å². The molecule has 2 rings (SSSR count). The third kappa shape index (κ3) is 3.00. The molecule has 17 heavy (non-hydrogen) atoms. The molecule has 94 valence electrons. The van der Waals surface area contributed by atoms with Crippen LogP contribution in [0.3, 0.4) is 0 Å². The highest BCUT2D eigenvalue weighted by molar-refractivity contribution is 9.10. The molecule has 2 N–H and O–H groups in total. The van der Waals surface area contributed by atoms with E-state index in [4.69, 9.17) is 4.74 Å². The molecule has 1 aromatic carbocycles. The summed E-state index contributed by atoms with van der Waals surface area (Å²) >= 11 is 3.43. The summed E-state index contributed by atoms with van der Waals surface area (Å²) in [5, 5.41) is 13.5. The van der Waals surface area contributed by atoms with Gasteiger partial charge in [0, 0.05) is 11.0 Å². The Morgan fingerprint density at radius 1 is 1.53 bits per heavy atom. The van der Waals surface area contributed by atoms with Crippen LogP contribution in [-0.2, 0) is 0 Å². The smallest absolute Gasteiger partial charge is 0.139 e. The van der Waals surface area contributed by atoms with Gasteiger partial charge in [-0.25, -0.2) is 0 Å². The van der Waals surface area contributed by atoms with Crippen LogP contribution in [0.5, 0.6) is 5.75 Å². The maximum atomic E-state index is 10.3. The minimum absolute atomic E-state index is 0.198. The van der Waals surface area contributed by atoms with E-state index in [1.165, 1.54) is 0 Å². The normalized spacial score (nSPS) is 29.1. The van der Waals surface area contributed by atoms with Crippen molar-refractivity contribution in [3.8, 4) is 5.75 Å². The molecule has 2 unspecified atom stereocenters. The molecule has 1 aliphatic rings. The molecule has 1 heterocycles. The number of aryl methyl sites for hydroxylation is 1. The van der Waals surface area contributed by atoms with Crippen LogP contribution < -0.4 is 10.1 Å². The van der Waals surface area contributed by atoms with Gasteiger partial charge in [-0.15, -0.1) is 0 Å². The van der Waals surface area contributed by atoms with Crippen molar-refractivity contribution >= 4 is 15.9 Å². The van der Waals surface area contributed by atoms with Crippen molar-refractivity contribution < 1.29 is 9.84 Å². The molecule has 1 fully saturated rings. The van der Waals surface area contributed by atoms with E-state index in [2.05, 4.69) is 21.2 Å². The Morgan fingerprint density at radius 2 is 2.29 bits per heavy atom. The van der Waals surface area contributed by atoms with Crippen LogP contribution in [0.25, 0.3) is 0 Å². The largest absolute Gasteiger partial charge is 0.486 e. The van der Waals surface area contributed by atoms with E-state index in [9.17, 15) is 5.11 Å². The minimum atomic E-state index is -0.759. The van der Waals surface area contributed by atoms with Gasteiger partial charge in [0.25, 0.3) is 0 Å². The van der Waals surface area contributed by atoms with Gasteiger partial charge in [-0.05, 0) is 50.6 Å². The second-order valence-electron chi connectivity index (χ2n) is 4.83. The molecule has 0 spiro atoms. The van der Waals surface area contributed by atoms with E-state index in [1.807, 2.05) is 32.0 Å². The molecule has 1 aromatic rings. The Kier molecular flexibility index (Phi) is 3.76. The van der Waals surface area contributed by atoms with Crippen molar-refractivity contribution in [3.63, 3.8) is 0 Å². The van der Waals surface area contributed by atoms with Gasteiger partial charge >= 0.3 is 0 Å². The zero-order valence-corrected chi connectivity index (χ0v) is 11.8. The monoisotopic (exact) mass is 299 g/mol. The number of nitrogens with one attached hydrogen (secondary N) is 1. The average Bonchev–Trinajstić information content (AvgIpc) is 2.24. The van der Waals surface area contributed by atoms with Crippen molar-refractivity contribution in [1.82, 2.24) is 5.32 Å². The summed E-state index contributed by atoms with van der Waals surface area (Å²) in [5.41, 5.74) is 0.311. The van der Waals surface area contributed by atoms with E-state index in [0.29, 0.717) is 13.0 Å².